The molecule has 0 radical (unpaired) electrons. The predicted molar refractivity (Wildman–Crippen MR) is 89.8 cm³/mol. The maximum atomic E-state index is 12.8. The summed E-state index contributed by atoms with van der Waals surface area (Å²) in [4.78, 5) is 12.8. The van der Waals surface area contributed by atoms with E-state index in [2.05, 4.69) is 37.8 Å². The standard InChI is InChI=1S/C21H20O/c1-15(2)13-21(22)20-14-18-9-4-3-7-16(18)11-12-17-8-5-6-10-19(17)20/h3-10,15,20H,13-14H2,1-2H3. The average Bonchev–Trinajstić information content (AvgIpc) is 2.49. The second-order valence-electron chi connectivity index (χ2n) is 6.32. The Morgan fingerprint density at radius 1 is 1.05 bits per heavy atom. The van der Waals surface area contributed by atoms with E-state index in [4.69, 9.17) is 0 Å². The van der Waals surface area contributed by atoms with Gasteiger partial charge in [0.05, 0.1) is 0 Å². The Balaban J connectivity index is 2.11. The zero-order chi connectivity index (χ0) is 15.5. The van der Waals surface area contributed by atoms with Crippen molar-refractivity contribution in [2.24, 2.45) is 5.92 Å². The van der Waals surface area contributed by atoms with Crippen LogP contribution < -0.4 is 0 Å². The molecular formula is C21H20O. The highest BCUT2D eigenvalue weighted by atomic mass is 16.1. The van der Waals surface area contributed by atoms with Crippen molar-refractivity contribution in [2.45, 2.75) is 32.6 Å². The largest absolute Gasteiger partial charge is 0.299 e. The molecule has 2 aromatic carbocycles. The quantitative estimate of drug-likeness (QED) is 0.768. The molecule has 1 atom stereocenters. The van der Waals surface area contributed by atoms with Gasteiger partial charge < -0.3 is 0 Å². The van der Waals surface area contributed by atoms with Crippen molar-refractivity contribution in [3.05, 3.63) is 70.8 Å². The summed E-state index contributed by atoms with van der Waals surface area (Å²) in [6.07, 6.45) is 1.36. The van der Waals surface area contributed by atoms with Crippen LogP contribution in [-0.2, 0) is 11.2 Å². The molecule has 0 saturated carbocycles. The Labute approximate surface area is 132 Å². The average molecular weight is 288 g/mol. The first kappa shape index (κ1) is 14.6. The van der Waals surface area contributed by atoms with Crippen molar-refractivity contribution in [3.63, 3.8) is 0 Å². The van der Waals surface area contributed by atoms with E-state index in [-0.39, 0.29) is 5.92 Å². The molecule has 0 fully saturated rings. The predicted octanol–water partition coefficient (Wildman–Crippen LogP) is 4.34. The summed E-state index contributed by atoms with van der Waals surface area (Å²) in [6.45, 7) is 4.20. The molecule has 1 nitrogen and oxygen atoms in total. The first-order valence-corrected chi connectivity index (χ1v) is 7.86. The number of Topliss-reactive ketones (excluding diaryl/α,β-unsaturated/α-hetero) is 1. The fourth-order valence-electron chi connectivity index (χ4n) is 3.03. The highest BCUT2D eigenvalue weighted by molar-refractivity contribution is 5.87. The summed E-state index contributed by atoms with van der Waals surface area (Å²) >= 11 is 0. The van der Waals surface area contributed by atoms with Crippen LogP contribution in [-0.4, -0.2) is 5.78 Å². The van der Waals surface area contributed by atoms with Crippen molar-refractivity contribution in [1.82, 2.24) is 0 Å². The molecule has 0 aliphatic heterocycles. The SMILES string of the molecule is CC(C)CC(=O)C1Cc2ccccc2C#Cc2ccccc21. The van der Waals surface area contributed by atoms with Crippen LogP contribution in [0.2, 0.25) is 0 Å². The number of ketones is 1. The van der Waals surface area contributed by atoms with Gasteiger partial charge in [0.15, 0.2) is 0 Å². The molecular weight excluding hydrogens is 268 g/mol. The maximum absolute atomic E-state index is 12.8. The van der Waals surface area contributed by atoms with Gasteiger partial charge in [-0.05, 0) is 35.6 Å². The third-order valence-corrected chi connectivity index (χ3v) is 4.11. The number of carbonyl (C=O) groups excluding carboxylic acids is 1. The monoisotopic (exact) mass is 288 g/mol. The molecule has 110 valence electrons. The second kappa shape index (κ2) is 6.20. The fraction of sp³-hybridized carbons (Fsp3) is 0.286. The van der Waals surface area contributed by atoms with E-state index in [0.29, 0.717) is 18.1 Å². The molecule has 1 unspecified atom stereocenters. The lowest BCUT2D eigenvalue weighted by atomic mass is 9.81. The molecule has 0 amide bonds. The molecule has 0 heterocycles. The summed E-state index contributed by atoms with van der Waals surface area (Å²) < 4.78 is 0. The van der Waals surface area contributed by atoms with Gasteiger partial charge in [0.1, 0.15) is 5.78 Å². The van der Waals surface area contributed by atoms with Crippen LogP contribution in [0.5, 0.6) is 0 Å². The number of benzene rings is 2. The summed E-state index contributed by atoms with van der Waals surface area (Å²) in [5.74, 6) is 7.13. The Morgan fingerprint density at radius 2 is 1.68 bits per heavy atom. The molecule has 2 aromatic rings. The third-order valence-electron chi connectivity index (χ3n) is 4.11. The van der Waals surface area contributed by atoms with Gasteiger partial charge in [0.25, 0.3) is 0 Å². The number of hydrogen-bond donors (Lipinski definition) is 0. The summed E-state index contributed by atoms with van der Waals surface area (Å²) in [6, 6.07) is 16.2. The summed E-state index contributed by atoms with van der Waals surface area (Å²) in [7, 11) is 0. The van der Waals surface area contributed by atoms with Crippen molar-refractivity contribution in [2.75, 3.05) is 0 Å². The molecule has 1 aliphatic rings. The minimum Gasteiger partial charge on any atom is -0.299 e. The molecule has 3 rings (SSSR count). The lowest BCUT2D eigenvalue weighted by Gasteiger charge is -2.21. The minimum atomic E-state index is -0.0886. The van der Waals surface area contributed by atoms with E-state index >= 15 is 0 Å². The van der Waals surface area contributed by atoms with Crippen LogP contribution in [0, 0.1) is 17.8 Å². The van der Waals surface area contributed by atoms with E-state index in [1.165, 1.54) is 5.56 Å². The van der Waals surface area contributed by atoms with Gasteiger partial charge in [-0.1, -0.05) is 62.1 Å². The molecule has 0 aromatic heterocycles. The smallest absolute Gasteiger partial charge is 0.140 e. The van der Waals surface area contributed by atoms with Crippen molar-refractivity contribution < 1.29 is 4.79 Å². The lowest BCUT2D eigenvalue weighted by Crippen LogP contribution is -2.19. The zero-order valence-electron chi connectivity index (χ0n) is 13.1. The van der Waals surface area contributed by atoms with E-state index in [9.17, 15) is 4.79 Å². The normalized spacial score (nSPS) is 15.9. The number of fused-ring (bicyclic) bond motifs is 2. The Hall–Kier alpha value is -2.33. The van der Waals surface area contributed by atoms with Crippen molar-refractivity contribution in [3.8, 4) is 11.8 Å². The van der Waals surface area contributed by atoms with Crippen LogP contribution in [0.3, 0.4) is 0 Å². The molecule has 0 saturated heterocycles. The van der Waals surface area contributed by atoms with E-state index in [1.54, 1.807) is 0 Å². The Morgan fingerprint density at radius 3 is 2.45 bits per heavy atom. The van der Waals surface area contributed by atoms with Gasteiger partial charge in [-0.25, -0.2) is 0 Å². The highest BCUT2D eigenvalue weighted by Crippen LogP contribution is 2.29. The maximum Gasteiger partial charge on any atom is 0.140 e. The Kier molecular flexibility index (Phi) is 4.11. The molecule has 0 spiro atoms. The van der Waals surface area contributed by atoms with Crippen molar-refractivity contribution in [1.29, 1.82) is 0 Å². The summed E-state index contributed by atoms with van der Waals surface area (Å²) in [5.41, 5.74) is 4.28. The number of rotatable bonds is 3. The van der Waals surface area contributed by atoms with E-state index in [0.717, 1.165) is 23.1 Å². The molecule has 1 heteroatoms. The minimum absolute atomic E-state index is 0.0886. The topological polar surface area (TPSA) is 17.1 Å². The summed E-state index contributed by atoms with van der Waals surface area (Å²) in [5, 5.41) is 0. The van der Waals surface area contributed by atoms with E-state index in [1.807, 2.05) is 36.4 Å². The lowest BCUT2D eigenvalue weighted by molar-refractivity contribution is -0.121. The molecule has 0 bridgehead atoms. The van der Waals surface area contributed by atoms with E-state index < -0.39 is 0 Å². The van der Waals surface area contributed by atoms with Gasteiger partial charge in [0.2, 0.25) is 0 Å². The third kappa shape index (κ3) is 2.97. The number of carbonyl (C=O) groups is 1. The van der Waals surface area contributed by atoms with Gasteiger partial charge in [-0.3, -0.25) is 4.79 Å². The first-order chi connectivity index (χ1) is 10.6. The van der Waals surface area contributed by atoms with Crippen LogP contribution in [0.4, 0.5) is 0 Å². The van der Waals surface area contributed by atoms with Gasteiger partial charge in [0, 0.05) is 23.5 Å². The first-order valence-electron chi connectivity index (χ1n) is 7.86. The molecule has 1 aliphatic carbocycles. The van der Waals surface area contributed by atoms with Gasteiger partial charge in [-0.2, -0.15) is 0 Å². The molecule has 22 heavy (non-hydrogen) atoms. The van der Waals surface area contributed by atoms with Gasteiger partial charge in [-0.15, -0.1) is 0 Å². The number of hydrogen-bond acceptors (Lipinski definition) is 1. The fourth-order valence-corrected chi connectivity index (χ4v) is 3.03. The van der Waals surface area contributed by atoms with Crippen LogP contribution in [0.15, 0.2) is 48.5 Å². The van der Waals surface area contributed by atoms with Crippen LogP contribution in [0.25, 0.3) is 0 Å². The zero-order valence-corrected chi connectivity index (χ0v) is 13.1. The second-order valence-corrected chi connectivity index (χ2v) is 6.32. The van der Waals surface area contributed by atoms with Crippen LogP contribution >= 0.6 is 0 Å². The van der Waals surface area contributed by atoms with Crippen molar-refractivity contribution >= 4 is 5.78 Å². The highest BCUT2D eigenvalue weighted by Gasteiger charge is 2.25. The van der Waals surface area contributed by atoms with Gasteiger partial charge >= 0.3 is 0 Å². The molecule has 0 N–H and O–H groups in total. The van der Waals surface area contributed by atoms with Crippen LogP contribution in [0.1, 0.15) is 48.4 Å². The Bertz CT molecular complexity index is 759.